The lowest BCUT2D eigenvalue weighted by Crippen LogP contribution is -2.48. The Bertz CT molecular complexity index is 482. The quantitative estimate of drug-likeness (QED) is 0.587. The van der Waals surface area contributed by atoms with Crippen LogP contribution in [0, 0.1) is 0 Å². The van der Waals surface area contributed by atoms with Crippen molar-refractivity contribution >= 4 is 6.29 Å². The van der Waals surface area contributed by atoms with Gasteiger partial charge in [0.2, 0.25) is 5.79 Å². The van der Waals surface area contributed by atoms with Crippen LogP contribution in [-0.4, -0.2) is 58.9 Å². The van der Waals surface area contributed by atoms with Crippen LogP contribution >= 0.6 is 0 Å². The van der Waals surface area contributed by atoms with Gasteiger partial charge in [0.1, 0.15) is 24.6 Å². The van der Waals surface area contributed by atoms with Crippen molar-refractivity contribution in [2.24, 2.45) is 0 Å². The summed E-state index contributed by atoms with van der Waals surface area (Å²) < 4.78 is 11.2. The van der Waals surface area contributed by atoms with Gasteiger partial charge in [0, 0.05) is 12.0 Å². The van der Waals surface area contributed by atoms with Crippen molar-refractivity contribution in [1.82, 2.24) is 0 Å². The molecule has 0 aromatic rings. The van der Waals surface area contributed by atoms with Crippen molar-refractivity contribution in [3.05, 3.63) is 22.8 Å². The number of carbonyl (C=O) groups excluding carboxylic acids is 1. The number of hydrogen-bond donors (Lipinski definition) is 3. The van der Waals surface area contributed by atoms with Crippen LogP contribution in [0.15, 0.2) is 22.8 Å². The molecule has 110 valence electrons. The standard InChI is InChI=1S/C14H18O6/c15-5-8-2-1-3-9-7-19-14(4-10(8)9)13(18)12(17)11(6-16)20-14/h2,5,11-13,16-18H,1,3-4,6-7H2. The van der Waals surface area contributed by atoms with Gasteiger partial charge >= 0.3 is 0 Å². The maximum absolute atomic E-state index is 11.1. The number of ether oxygens (including phenoxy) is 2. The third-order valence-corrected chi connectivity index (χ3v) is 4.31. The molecule has 1 aliphatic carbocycles. The fourth-order valence-corrected chi connectivity index (χ4v) is 3.16. The van der Waals surface area contributed by atoms with E-state index in [0.29, 0.717) is 5.57 Å². The SMILES string of the molecule is O=CC1=CCCC2=C1CC1(OC2)OC(CO)C(O)C1O. The van der Waals surface area contributed by atoms with E-state index in [1.807, 2.05) is 6.08 Å². The average molecular weight is 282 g/mol. The van der Waals surface area contributed by atoms with E-state index in [-0.39, 0.29) is 13.0 Å². The highest BCUT2D eigenvalue weighted by atomic mass is 16.7. The number of rotatable bonds is 2. The second-order valence-corrected chi connectivity index (χ2v) is 5.45. The molecule has 0 aromatic heterocycles. The van der Waals surface area contributed by atoms with Crippen LogP contribution in [0.5, 0.6) is 0 Å². The van der Waals surface area contributed by atoms with E-state index in [4.69, 9.17) is 14.6 Å². The second kappa shape index (κ2) is 5.05. The highest BCUT2D eigenvalue weighted by Crippen LogP contribution is 2.44. The monoisotopic (exact) mass is 282 g/mol. The minimum atomic E-state index is -1.37. The summed E-state index contributed by atoms with van der Waals surface area (Å²) in [5.41, 5.74) is 2.48. The molecule has 3 aliphatic rings. The van der Waals surface area contributed by atoms with Crippen molar-refractivity contribution in [3.8, 4) is 0 Å². The zero-order valence-corrected chi connectivity index (χ0v) is 11.0. The molecule has 0 aromatic carbocycles. The van der Waals surface area contributed by atoms with Crippen LogP contribution in [0.2, 0.25) is 0 Å². The molecule has 4 unspecified atom stereocenters. The first-order valence-corrected chi connectivity index (χ1v) is 6.76. The Morgan fingerprint density at radius 2 is 2.25 bits per heavy atom. The number of hydrogen-bond acceptors (Lipinski definition) is 6. The van der Waals surface area contributed by atoms with Crippen LogP contribution in [0.4, 0.5) is 0 Å². The Balaban J connectivity index is 1.90. The van der Waals surface area contributed by atoms with Crippen molar-refractivity contribution in [2.45, 2.75) is 43.4 Å². The molecule has 1 fully saturated rings. The van der Waals surface area contributed by atoms with Crippen LogP contribution < -0.4 is 0 Å². The molecule has 0 amide bonds. The minimum Gasteiger partial charge on any atom is -0.394 e. The lowest BCUT2D eigenvalue weighted by Gasteiger charge is -2.39. The molecule has 1 spiro atoms. The van der Waals surface area contributed by atoms with Gasteiger partial charge in [-0.2, -0.15) is 0 Å². The molecule has 20 heavy (non-hydrogen) atoms. The molecule has 3 N–H and O–H groups in total. The summed E-state index contributed by atoms with van der Waals surface area (Å²) in [4.78, 5) is 11.1. The summed E-state index contributed by atoms with van der Waals surface area (Å²) in [5, 5.41) is 29.2. The number of aliphatic hydroxyl groups is 3. The molecule has 2 heterocycles. The number of allylic oxidation sites excluding steroid dienone is 2. The minimum absolute atomic E-state index is 0.210. The molecular weight excluding hydrogens is 264 g/mol. The second-order valence-electron chi connectivity index (χ2n) is 5.45. The Morgan fingerprint density at radius 3 is 2.90 bits per heavy atom. The Labute approximate surface area is 116 Å². The van der Waals surface area contributed by atoms with Gasteiger partial charge in [0.25, 0.3) is 0 Å². The van der Waals surface area contributed by atoms with Gasteiger partial charge in [-0.3, -0.25) is 4.79 Å². The fraction of sp³-hybridized carbons (Fsp3) is 0.643. The first kappa shape index (κ1) is 13.9. The van der Waals surface area contributed by atoms with Crippen molar-refractivity contribution in [1.29, 1.82) is 0 Å². The van der Waals surface area contributed by atoms with E-state index in [1.54, 1.807) is 0 Å². The summed E-state index contributed by atoms with van der Waals surface area (Å²) in [5.74, 6) is -1.37. The fourth-order valence-electron chi connectivity index (χ4n) is 3.16. The zero-order valence-electron chi connectivity index (χ0n) is 11.0. The van der Waals surface area contributed by atoms with Gasteiger partial charge in [-0.15, -0.1) is 0 Å². The van der Waals surface area contributed by atoms with Crippen LogP contribution in [0.25, 0.3) is 0 Å². The largest absolute Gasteiger partial charge is 0.394 e. The molecule has 6 heteroatoms. The van der Waals surface area contributed by atoms with Crippen molar-refractivity contribution < 1.29 is 29.6 Å². The van der Waals surface area contributed by atoms with Gasteiger partial charge in [-0.05, 0) is 24.0 Å². The van der Waals surface area contributed by atoms with Gasteiger partial charge in [0.15, 0.2) is 0 Å². The predicted molar refractivity (Wildman–Crippen MR) is 67.7 cm³/mol. The van der Waals surface area contributed by atoms with Gasteiger partial charge < -0.3 is 24.8 Å². The predicted octanol–water partition coefficient (Wildman–Crippen LogP) is -0.568. The third-order valence-electron chi connectivity index (χ3n) is 4.31. The third kappa shape index (κ3) is 1.96. The molecule has 2 aliphatic heterocycles. The highest BCUT2D eigenvalue weighted by molar-refractivity contribution is 5.81. The van der Waals surface area contributed by atoms with E-state index in [1.165, 1.54) is 0 Å². The van der Waals surface area contributed by atoms with Crippen molar-refractivity contribution in [2.75, 3.05) is 13.2 Å². The normalized spacial score (nSPS) is 40.8. The van der Waals surface area contributed by atoms with E-state index < -0.39 is 30.7 Å². The maximum atomic E-state index is 11.1. The lowest BCUT2D eigenvalue weighted by molar-refractivity contribution is -0.260. The number of aliphatic hydroxyl groups excluding tert-OH is 3. The summed E-state index contributed by atoms with van der Waals surface area (Å²) in [6.45, 7) is -0.131. The van der Waals surface area contributed by atoms with Gasteiger partial charge in [0.05, 0.1) is 13.2 Å². The average Bonchev–Trinajstić information content (AvgIpc) is 2.71. The molecular formula is C14H18O6. The summed E-state index contributed by atoms with van der Waals surface area (Å²) in [6.07, 6.45) is 1.18. The summed E-state index contributed by atoms with van der Waals surface area (Å²) >= 11 is 0. The summed E-state index contributed by atoms with van der Waals surface area (Å²) in [7, 11) is 0. The lowest BCUT2D eigenvalue weighted by atomic mass is 9.84. The maximum Gasteiger partial charge on any atom is 0.202 e. The topological polar surface area (TPSA) is 96.2 Å². The molecule has 0 bridgehead atoms. The molecule has 6 nitrogen and oxygen atoms in total. The first-order valence-electron chi connectivity index (χ1n) is 6.76. The van der Waals surface area contributed by atoms with E-state index >= 15 is 0 Å². The molecule has 3 rings (SSSR count). The van der Waals surface area contributed by atoms with E-state index in [0.717, 1.165) is 30.3 Å². The van der Waals surface area contributed by atoms with E-state index in [2.05, 4.69) is 0 Å². The molecule has 0 radical (unpaired) electrons. The number of carbonyl (C=O) groups is 1. The Kier molecular flexibility index (Phi) is 3.51. The van der Waals surface area contributed by atoms with E-state index in [9.17, 15) is 15.0 Å². The van der Waals surface area contributed by atoms with Crippen LogP contribution in [0.1, 0.15) is 19.3 Å². The molecule has 4 atom stereocenters. The zero-order chi connectivity index (χ0) is 14.3. The number of aldehydes is 1. The summed E-state index contributed by atoms with van der Waals surface area (Å²) in [6, 6.07) is 0. The Hall–Kier alpha value is -1.05. The molecule has 1 saturated heterocycles. The van der Waals surface area contributed by atoms with Gasteiger partial charge in [-0.1, -0.05) is 6.08 Å². The van der Waals surface area contributed by atoms with Crippen LogP contribution in [-0.2, 0) is 14.3 Å². The van der Waals surface area contributed by atoms with Gasteiger partial charge in [-0.25, -0.2) is 0 Å². The Morgan fingerprint density at radius 1 is 1.45 bits per heavy atom. The first-order chi connectivity index (χ1) is 9.61. The van der Waals surface area contributed by atoms with Crippen LogP contribution in [0.3, 0.4) is 0 Å². The molecule has 0 saturated carbocycles. The highest BCUT2D eigenvalue weighted by Gasteiger charge is 2.56. The van der Waals surface area contributed by atoms with Crippen molar-refractivity contribution in [3.63, 3.8) is 0 Å². The smallest absolute Gasteiger partial charge is 0.202 e.